The standard InChI is InChI=1S/C10H13N3/c1-4-13-6-8(1)9(7-13)10-5-11-2-3-12-10/h2-3,5,8-9H,1,4,6-7H2/t8-,9+/m1/s1. The Kier molecular flexibility index (Phi) is 1.59. The fourth-order valence-electron chi connectivity index (χ4n) is 2.62. The predicted molar refractivity (Wildman–Crippen MR) is 49.3 cm³/mol. The van der Waals surface area contributed by atoms with Gasteiger partial charge in [0.25, 0.3) is 0 Å². The van der Waals surface area contributed by atoms with Crippen molar-refractivity contribution in [3.8, 4) is 0 Å². The van der Waals surface area contributed by atoms with Gasteiger partial charge in [0.2, 0.25) is 0 Å². The molecule has 3 heterocycles. The van der Waals surface area contributed by atoms with Gasteiger partial charge in [0, 0.05) is 37.6 Å². The minimum absolute atomic E-state index is 0.655. The van der Waals surface area contributed by atoms with Gasteiger partial charge in [0.15, 0.2) is 0 Å². The maximum atomic E-state index is 4.39. The molecule has 0 N–H and O–H groups in total. The molecule has 0 saturated carbocycles. The highest BCUT2D eigenvalue weighted by molar-refractivity contribution is 5.11. The molecular formula is C10H13N3. The van der Waals surface area contributed by atoms with Crippen LogP contribution >= 0.6 is 0 Å². The topological polar surface area (TPSA) is 29.0 Å². The van der Waals surface area contributed by atoms with Crippen LogP contribution in [0.1, 0.15) is 18.0 Å². The predicted octanol–water partition coefficient (Wildman–Crippen LogP) is 0.896. The first-order valence-electron chi connectivity index (χ1n) is 4.92. The van der Waals surface area contributed by atoms with E-state index in [1.54, 1.807) is 12.4 Å². The van der Waals surface area contributed by atoms with Crippen molar-refractivity contribution in [2.24, 2.45) is 5.92 Å². The summed E-state index contributed by atoms with van der Waals surface area (Å²) in [6.07, 6.45) is 6.82. The number of hydrogen-bond acceptors (Lipinski definition) is 3. The molecule has 0 aliphatic carbocycles. The molecule has 1 aromatic rings. The van der Waals surface area contributed by atoms with E-state index in [1.807, 2.05) is 6.20 Å². The van der Waals surface area contributed by atoms with Gasteiger partial charge in [-0.2, -0.15) is 0 Å². The highest BCUT2D eigenvalue weighted by Crippen LogP contribution is 2.38. The van der Waals surface area contributed by atoms with Crippen LogP contribution in [0.2, 0.25) is 0 Å². The monoisotopic (exact) mass is 175 g/mol. The van der Waals surface area contributed by atoms with Crippen LogP contribution in [0.5, 0.6) is 0 Å². The van der Waals surface area contributed by atoms with Crippen molar-refractivity contribution in [3.63, 3.8) is 0 Å². The van der Waals surface area contributed by atoms with E-state index in [0.717, 1.165) is 5.92 Å². The molecule has 2 aliphatic rings. The SMILES string of the molecule is c1cnc([C@H]2CN3CC[C@@H]2C3)cn1. The van der Waals surface area contributed by atoms with Gasteiger partial charge in [-0.3, -0.25) is 9.97 Å². The Labute approximate surface area is 77.8 Å². The third kappa shape index (κ3) is 1.15. The van der Waals surface area contributed by atoms with E-state index in [4.69, 9.17) is 0 Å². The van der Waals surface area contributed by atoms with Crippen LogP contribution < -0.4 is 0 Å². The number of fused-ring (bicyclic) bond motifs is 2. The highest BCUT2D eigenvalue weighted by Gasteiger charge is 2.39. The van der Waals surface area contributed by atoms with Gasteiger partial charge >= 0.3 is 0 Å². The van der Waals surface area contributed by atoms with E-state index in [2.05, 4.69) is 14.9 Å². The van der Waals surface area contributed by atoms with Crippen molar-refractivity contribution >= 4 is 0 Å². The Hall–Kier alpha value is -0.960. The number of nitrogens with zero attached hydrogens (tertiary/aromatic N) is 3. The zero-order valence-corrected chi connectivity index (χ0v) is 7.56. The lowest BCUT2D eigenvalue weighted by molar-refractivity contribution is 0.343. The number of hydrogen-bond donors (Lipinski definition) is 0. The molecule has 0 amide bonds. The summed E-state index contributed by atoms with van der Waals surface area (Å²) < 4.78 is 0. The number of aromatic nitrogens is 2. The van der Waals surface area contributed by atoms with E-state index >= 15 is 0 Å². The van der Waals surface area contributed by atoms with E-state index in [0.29, 0.717) is 5.92 Å². The Morgan fingerprint density at radius 2 is 2.31 bits per heavy atom. The van der Waals surface area contributed by atoms with Crippen molar-refractivity contribution < 1.29 is 0 Å². The fourth-order valence-corrected chi connectivity index (χ4v) is 2.62. The Bertz CT molecular complexity index is 298. The average molecular weight is 175 g/mol. The van der Waals surface area contributed by atoms with E-state index in [1.165, 1.54) is 31.7 Å². The van der Waals surface area contributed by atoms with Crippen LogP contribution in [0.25, 0.3) is 0 Å². The van der Waals surface area contributed by atoms with E-state index in [-0.39, 0.29) is 0 Å². The molecule has 68 valence electrons. The second-order valence-electron chi connectivity index (χ2n) is 4.05. The lowest BCUT2D eigenvalue weighted by Crippen LogP contribution is -2.22. The first-order chi connectivity index (χ1) is 6.43. The van der Waals surface area contributed by atoms with Crippen molar-refractivity contribution in [1.29, 1.82) is 0 Å². The molecule has 13 heavy (non-hydrogen) atoms. The summed E-state index contributed by atoms with van der Waals surface area (Å²) in [6, 6.07) is 0. The smallest absolute Gasteiger partial charge is 0.0633 e. The molecule has 2 bridgehead atoms. The molecule has 0 spiro atoms. The normalized spacial score (nSPS) is 36.8. The summed E-state index contributed by atoms with van der Waals surface area (Å²) in [5.74, 6) is 1.50. The van der Waals surface area contributed by atoms with Gasteiger partial charge in [-0.25, -0.2) is 0 Å². The van der Waals surface area contributed by atoms with E-state index in [9.17, 15) is 0 Å². The largest absolute Gasteiger partial charge is 0.302 e. The molecule has 0 aromatic carbocycles. The molecular weight excluding hydrogens is 162 g/mol. The summed E-state index contributed by atoms with van der Waals surface area (Å²) in [6.45, 7) is 3.77. The minimum Gasteiger partial charge on any atom is -0.302 e. The summed E-state index contributed by atoms with van der Waals surface area (Å²) in [5.41, 5.74) is 1.19. The molecule has 0 radical (unpaired) electrons. The summed E-state index contributed by atoms with van der Waals surface area (Å²) >= 11 is 0. The molecule has 1 unspecified atom stereocenters. The van der Waals surface area contributed by atoms with Gasteiger partial charge in [0.05, 0.1) is 5.69 Å². The molecule has 2 fully saturated rings. The fraction of sp³-hybridized carbons (Fsp3) is 0.600. The van der Waals surface area contributed by atoms with Crippen LogP contribution in [-0.2, 0) is 0 Å². The second kappa shape index (κ2) is 2.77. The van der Waals surface area contributed by atoms with Crippen molar-refractivity contribution in [3.05, 3.63) is 24.3 Å². The minimum atomic E-state index is 0.655. The number of piperidine rings is 1. The van der Waals surface area contributed by atoms with Crippen molar-refractivity contribution in [1.82, 2.24) is 14.9 Å². The van der Waals surface area contributed by atoms with Crippen LogP contribution in [-0.4, -0.2) is 34.5 Å². The van der Waals surface area contributed by atoms with Crippen LogP contribution in [0, 0.1) is 5.92 Å². The lowest BCUT2D eigenvalue weighted by Gasteiger charge is -2.20. The van der Waals surface area contributed by atoms with Crippen molar-refractivity contribution in [2.45, 2.75) is 12.3 Å². The summed E-state index contributed by atoms with van der Waals surface area (Å²) in [5, 5.41) is 0. The molecule has 3 nitrogen and oxygen atoms in total. The molecule has 3 atom stereocenters. The third-order valence-corrected chi connectivity index (χ3v) is 3.30. The van der Waals surface area contributed by atoms with Crippen LogP contribution in [0.4, 0.5) is 0 Å². The Morgan fingerprint density at radius 3 is 2.92 bits per heavy atom. The summed E-state index contributed by atoms with van der Waals surface area (Å²) in [7, 11) is 0. The Morgan fingerprint density at radius 1 is 1.31 bits per heavy atom. The molecule has 3 rings (SSSR count). The molecule has 2 aliphatic heterocycles. The highest BCUT2D eigenvalue weighted by atomic mass is 15.2. The average Bonchev–Trinajstić information content (AvgIpc) is 2.80. The zero-order valence-electron chi connectivity index (χ0n) is 7.56. The first kappa shape index (κ1) is 7.44. The van der Waals surface area contributed by atoms with E-state index < -0.39 is 0 Å². The quantitative estimate of drug-likeness (QED) is 0.635. The second-order valence-corrected chi connectivity index (χ2v) is 4.05. The molecule has 3 heteroatoms. The maximum absolute atomic E-state index is 4.39. The van der Waals surface area contributed by atoms with Gasteiger partial charge in [0.1, 0.15) is 0 Å². The molecule has 1 aromatic heterocycles. The van der Waals surface area contributed by atoms with Crippen molar-refractivity contribution in [2.75, 3.05) is 19.6 Å². The first-order valence-corrected chi connectivity index (χ1v) is 4.92. The summed E-state index contributed by atoms with van der Waals surface area (Å²) in [4.78, 5) is 11.1. The van der Waals surface area contributed by atoms with Crippen LogP contribution in [0.3, 0.4) is 0 Å². The Balaban J connectivity index is 1.87. The maximum Gasteiger partial charge on any atom is 0.0633 e. The van der Waals surface area contributed by atoms with Gasteiger partial charge in [-0.15, -0.1) is 0 Å². The zero-order chi connectivity index (χ0) is 8.67. The van der Waals surface area contributed by atoms with Gasteiger partial charge in [-0.05, 0) is 18.9 Å². The van der Waals surface area contributed by atoms with Crippen LogP contribution in [0.15, 0.2) is 18.6 Å². The lowest BCUT2D eigenvalue weighted by atomic mass is 9.90. The van der Waals surface area contributed by atoms with Gasteiger partial charge in [-0.1, -0.05) is 0 Å². The molecule has 2 saturated heterocycles. The van der Waals surface area contributed by atoms with Gasteiger partial charge < -0.3 is 4.90 Å². The number of rotatable bonds is 1. The third-order valence-electron chi connectivity index (χ3n) is 3.30.